The van der Waals surface area contributed by atoms with Crippen LogP contribution in [0, 0.1) is 11.7 Å². The number of rotatable bonds is 6. The molecule has 0 radical (unpaired) electrons. The van der Waals surface area contributed by atoms with Gasteiger partial charge in [0.1, 0.15) is 5.82 Å². The van der Waals surface area contributed by atoms with E-state index in [9.17, 15) is 17.6 Å². The first kappa shape index (κ1) is 23.9. The zero-order valence-corrected chi connectivity index (χ0v) is 20.6. The van der Waals surface area contributed by atoms with E-state index in [2.05, 4.69) is 17.6 Å². The van der Waals surface area contributed by atoms with Crippen molar-refractivity contribution in [3.63, 3.8) is 0 Å². The van der Waals surface area contributed by atoms with Crippen molar-refractivity contribution in [3.8, 4) is 0 Å². The number of carbonyl (C=O) groups is 1. The third-order valence-electron chi connectivity index (χ3n) is 5.66. The molecule has 1 aromatic heterocycles. The first-order valence-electron chi connectivity index (χ1n) is 10.5. The number of halogens is 1. The molecule has 0 unspecified atom stereocenters. The SMILES string of the molecule is C=CCn1c(=NC(=O)C2CCN(S(=O)(=O)c3ccc(F)cc3)CC2)sc2cc(SC)ccc21. The molecule has 0 N–H and O–H groups in total. The van der Waals surface area contributed by atoms with Crippen molar-refractivity contribution in [1.82, 2.24) is 8.87 Å². The zero-order chi connectivity index (χ0) is 23.6. The van der Waals surface area contributed by atoms with Crippen molar-refractivity contribution in [2.45, 2.75) is 29.2 Å². The number of nitrogens with zero attached hydrogens (tertiary/aromatic N) is 3. The second-order valence-corrected chi connectivity index (χ2v) is 11.5. The van der Waals surface area contributed by atoms with Gasteiger partial charge in [-0.2, -0.15) is 9.30 Å². The number of aromatic nitrogens is 1. The predicted octanol–water partition coefficient (Wildman–Crippen LogP) is 4.28. The van der Waals surface area contributed by atoms with E-state index in [-0.39, 0.29) is 29.8 Å². The second kappa shape index (κ2) is 9.92. The van der Waals surface area contributed by atoms with Crippen LogP contribution >= 0.6 is 23.1 Å². The van der Waals surface area contributed by atoms with Crippen LogP contribution in [0.1, 0.15) is 12.8 Å². The summed E-state index contributed by atoms with van der Waals surface area (Å²) in [5, 5.41) is 0. The quantitative estimate of drug-likeness (QED) is 0.370. The molecule has 2 heterocycles. The maximum absolute atomic E-state index is 13.2. The fourth-order valence-corrected chi connectivity index (χ4v) is 6.92. The molecule has 1 saturated heterocycles. The molecular weight excluding hydrogens is 481 g/mol. The molecule has 0 spiro atoms. The molecule has 1 aliphatic rings. The normalized spacial score (nSPS) is 16.4. The molecule has 1 amide bonds. The molecule has 10 heteroatoms. The number of piperidine rings is 1. The van der Waals surface area contributed by atoms with Gasteiger partial charge in [-0.1, -0.05) is 17.4 Å². The average Bonchev–Trinajstić information content (AvgIpc) is 3.15. The van der Waals surface area contributed by atoms with Gasteiger partial charge in [0, 0.05) is 30.4 Å². The second-order valence-electron chi connectivity index (χ2n) is 7.70. The standard InChI is InChI=1S/C23H24FN3O3S3/c1-3-12-27-20-9-6-18(31-2)15-21(20)32-23(27)25-22(28)16-10-13-26(14-11-16)33(29,30)19-7-4-17(24)5-8-19/h3-9,15-16H,1,10-14H2,2H3. The van der Waals surface area contributed by atoms with E-state index in [0.717, 1.165) is 27.2 Å². The number of thioether (sulfide) groups is 1. The third kappa shape index (κ3) is 4.98. The number of hydrogen-bond acceptors (Lipinski definition) is 5. The fourth-order valence-electron chi connectivity index (χ4n) is 3.86. The van der Waals surface area contributed by atoms with Gasteiger partial charge in [-0.15, -0.1) is 18.3 Å². The Morgan fingerprint density at radius 1 is 1.24 bits per heavy atom. The lowest BCUT2D eigenvalue weighted by Crippen LogP contribution is -2.40. The molecule has 1 fully saturated rings. The number of fused-ring (bicyclic) bond motifs is 1. The summed E-state index contributed by atoms with van der Waals surface area (Å²) in [6, 6.07) is 11.0. The van der Waals surface area contributed by atoms with Gasteiger partial charge in [0.2, 0.25) is 10.0 Å². The number of thiazole rings is 1. The van der Waals surface area contributed by atoms with Crippen LogP contribution in [-0.2, 0) is 21.4 Å². The third-order valence-corrected chi connectivity index (χ3v) is 9.34. The minimum atomic E-state index is -3.72. The first-order chi connectivity index (χ1) is 15.8. The summed E-state index contributed by atoms with van der Waals surface area (Å²) < 4.78 is 43.2. The molecule has 0 bridgehead atoms. The van der Waals surface area contributed by atoms with Gasteiger partial charge in [0.15, 0.2) is 4.80 Å². The van der Waals surface area contributed by atoms with E-state index in [1.54, 1.807) is 17.8 Å². The van der Waals surface area contributed by atoms with E-state index in [1.165, 1.54) is 27.8 Å². The Morgan fingerprint density at radius 2 is 1.94 bits per heavy atom. The Hall–Kier alpha value is -2.27. The molecule has 4 rings (SSSR count). The summed E-state index contributed by atoms with van der Waals surface area (Å²) in [4.78, 5) is 19.2. The van der Waals surface area contributed by atoms with Crippen LogP contribution in [0.5, 0.6) is 0 Å². The minimum Gasteiger partial charge on any atom is -0.313 e. The average molecular weight is 506 g/mol. The largest absolute Gasteiger partial charge is 0.313 e. The van der Waals surface area contributed by atoms with E-state index in [4.69, 9.17) is 0 Å². The Kier molecular flexibility index (Phi) is 7.18. The summed E-state index contributed by atoms with van der Waals surface area (Å²) in [5.41, 5.74) is 1.00. The van der Waals surface area contributed by atoms with Gasteiger partial charge in [-0.3, -0.25) is 4.79 Å². The summed E-state index contributed by atoms with van der Waals surface area (Å²) >= 11 is 3.12. The highest BCUT2D eigenvalue weighted by molar-refractivity contribution is 7.98. The topological polar surface area (TPSA) is 71.7 Å². The molecule has 3 aromatic rings. The van der Waals surface area contributed by atoms with Crippen molar-refractivity contribution < 1.29 is 17.6 Å². The van der Waals surface area contributed by atoms with Crippen LogP contribution in [-0.4, -0.2) is 42.5 Å². The van der Waals surface area contributed by atoms with Crippen LogP contribution in [0.3, 0.4) is 0 Å². The Balaban J connectivity index is 1.53. The van der Waals surface area contributed by atoms with Gasteiger partial charge < -0.3 is 4.57 Å². The fraction of sp³-hybridized carbons (Fsp3) is 0.304. The number of sulfonamides is 1. The van der Waals surface area contributed by atoms with Crippen molar-refractivity contribution in [2.75, 3.05) is 19.3 Å². The molecule has 174 valence electrons. The maximum atomic E-state index is 13.2. The smallest absolute Gasteiger partial charge is 0.251 e. The summed E-state index contributed by atoms with van der Waals surface area (Å²) in [5.74, 6) is -1.06. The van der Waals surface area contributed by atoms with Crippen molar-refractivity contribution in [2.24, 2.45) is 10.9 Å². The molecule has 33 heavy (non-hydrogen) atoms. The highest BCUT2D eigenvalue weighted by Gasteiger charge is 2.32. The van der Waals surface area contributed by atoms with Crippen LogP contribution in [0.2, 0.25) is 0 Å². The number of carbonyl (C=O) groups excluding carboxylic acids is 1. The molecule has 2 aromatic carbocycles. The Bertz CT molecular complexity index is 1350. The summed E-state index contributed by atoms with van der Waals surface area (Å²) in [7, 11) is -3.72. The highest BCUT2D eigenvalue weighted by atomic mass is 32.2. The minimum absolute atomic E-state index is 0.0544. The van der Waals surface area contributed by atoms with E-state index in [1.807, 2.05) is 23.0 Å². The number of hydrogen-bond donors (Lipinski definition) is 0. The number of benzene rings is 2. The van der Waals surface area contributed by atoms with Crippen LogP contribution in [0.15, 0.2) is 69.9 Å². The lowest BCUT2D eigenvalue weighted by Gasteiger charge is -2.29. The summed E-state index contributed by atoms with van der Waals surface area (Å²) in [6.45, 7) is 4.81. The number of allylic oxidation sites excluding steroid dienone is 1. The predicted molar refractivity (Wildman–Crippen MR) is 130 cm³/mol. The van der Waals surface area contributed by atoms with E-state index in [0.29, 0.717) is 24.2 Å². The Labute approximate surface area is 200 Å². The van der Waals surface area contributed by atoms with Gasteiger partial charge in [0.05, 0.1) is 15.1 Å². The molecule has 1 aliphatic heterocycles. The molecular formula is C23H24FN3O3S3. The summed E-state index contributed by atoms with van der Waals surface area (Å²) in [6.07, 6.45) is 4.58. The van der Waals surface area contributed by atoms with Crippen molar-refractivity contribution in [3.05, 3.63) is 65.7 Å². The lowest BCUT2D eigenvalue weighted by molar-refractivity contribution is -0.122. The number of amides is 1. The van der Waals surface area contributed by atoms with Crippen molar-refractivity contribution >= 4 is 49.2 Å². The monoisotopic (exact) mass is 505 g/mol. The van der Waals surface area contributed by atoms with Crippen LogP contribution in [0.25, 0.3) is 10.2 Å². The highest BCUT2D eigenvalue weighted by Crippen LogP contribution is 2.26. The van der Waals surface area contributed by atoms with Crippen LogP contribution in [0.4, 0.5) is 4.39 Å². The lowest BCUT2D eigenvalue weighted by atomic mass is 9.98. The molecule has 0 aliphatic carbocycles. The molecule has 6 nitrogen and oxygen atoms in total. The first-order valence-corrected chi connectivity index (χ1v) is 13.9. The van der Waals surface area contributed by atoms with Crippen LogP contribution < -0.4 is 4.80 Å². The van der Waals surface area contributed by atoms with Gasteiger partial charge in [0.25, 0.3) is 5.91 Å². The molecule has 0 saturated carbocycles. The van der Waals surface area contributed by atoms with Gasteiger partial charge in [-0.25, -0.2) is 12.8 Å². The van der Waals surface area contributed by atoms with E-state index >= 15 is 0 Å². The van der Waals surface area contributed by atoms with Crippen molar-refractivity contribution in [1.29, 1.82) is 0 Å². The maximum Gasteiger partial charge on any atom is 0.251 e. The zero-order valence-electron chi connectivity index (χ0n) is 18.1. The molecule has 0 atom stereocenters. The van der Waals surface area contributed by atoms with Gasteiger partial charge >= 0.3 is 0 Å². The van der Waals surface area contributed by atoms with E-state index < -0.39 is 15.8 Å². The van der Waals surface area contributed by atoms with Gasteiger partial charge in [-0.05, 0) is 61.6 Å². The Morgan fingerprint density at radius 3 is 2.58 bits per heavy atom.